The van der Waals surface area contributed by atoms with Gasteiger partial charge in [0, 0.05) is 12.1 Å². The monoisotopic (exact) mass is 256 g/mol. The van der Waals surface area contributed by atoms with Crippen LogP contribution in [0.1, 0.15) is 5.76 Å². The van der Waals surface area contributed by atoms with Gasteiger partial charge in [-0.05, 0) is 6.26 Å². The van der Waals surface area contributed by atoms with Crippen LogP contribution in [0, 0.1) is 0 Å². The highest BCUT2D eigenvalue weighted by molar-refractivity contribution is 7.98. The molecule has 0 saturated carbocycles. The molecule has 0 atom stereocenters. The highest BCUT2D eigenvalue weighted by Gasteiger charge is 2.03. The van der Waals surface area contributed by atoms with Gasteiger partial charge in [0.15, 0.2) is 10.9 Å². The maximum Gasteiger partial charge on any atom is 0.190 e. The molecule has 0 bridgehead atoms. The summed E-state index contributed by atoms with van der Waals surface area (Å²) < 4.78 is 4.95. The number of nitrogens with zero attached hydrogens (tertiary/aromatic N) is 3. The van der Waals surface area contributed by atoms with Gasteiger partial charge in [0.25, 0.3) is 0 Å². The summed E-state index contributed by atoms with van der Waals surface area (Å²) in [6, 6.07) is 3.45. The minimum atomic E-state index is 0.416. The molecule has 2 heterocycles. The Morgan fingerprint density at radius 2 is 2.38 bits per heavy atom. The lowest BCUT2D eigenvalue weighted by Gasteiger charge is -2.04. The normalized spacial score (nSPS) is 10.4. The second-order valence-corrected chi connectivity index (χ2v) is 4.06. The van der Waals surface area contributed by atoms with Crippen molar-refractivity contribution >= 4 is 29.2 Å². The zero-order valence-electron chi connectivity index (χ0n) is 8.48. The molecule has 1 N–H and O–H groups in total. The first-order chi connectivity index (χ1) is 7.78. The van der Waals surface area contributed by atoms with Crippen LogP contribution in [0.15, 0.2) is 28.0 Å². The lowest BCUT2D eigenvalue weighted by atomic mass is 10.4. The van der Waals surface area contributed by atoms with E-state index >= 15 is 0 Å². The van der Waals surface area contributed by atoms with Gasteiger partial charge in [-0.1, -0.05) is 28.5 Å². The number of thioether (sulfide) groups is 1. The fourth-order valence-corrected chi connectivity index (χ4v) is 1.70. The van der Waals surface area contributed by atoms with E-state index in [0.29, 0.717) is 22.7 Å². The Balaban J connectivity index is 2.06. The number of aromatic nitrogens is 3. The summed E-state index contributed by atoms with van der Waals surface area (Å²) in [7, 11) is 0. The van der Waals surface area contributed by atoms with Crippen LogP contribution in [0.5, 0.6) is 0 Å². The van der Waals surface area contributed by atoms with Crippen LogP contribution in [-0.2, 0) is 6.54 Å². The molecule has 0 aliphatic carbocycles. The average molecular weight is 257 g/mol. The van der Waals surface area contributed by atoms with Gasteiger partial charge < -0.3 is 9.84 Å². The Morgan fingerprint density at radius 3 is 3.06 bits per heavy atom. The van der Waals surface area contributed by atoms with E-state index in [4.69, 9.17) is 16.1 Å². The van der Waals surface area contributed by atoms with Gasteiger partial charge in [0.05, 0.1) is 12.7 Å². The molecule has 0 aliphatic heterocycles. The molecule has 0 amide bonds. The van der Waals surface area contributed by atoms with Crippen LogP contribution in [0.3, 0.4) is 0 Å². The number of rotatable bonds is 4. The van der Waals surface area contributed by atoms with Crippen LogP contribution in [0.4, 0.5) is 5.82 Å². The summed E-state index contributed by atoms with van der Waals surface area (Å²) in [6.07, 6.45) is 3.49. The molecule has 0 aliphatic rings. The summed E-state index contributed by atoms with van der Waals surface area (Å²) in [5.41, 5.74) is 0. The van der Waals surface area contributed by atoms with Crippen molar-refractivity contribution in [3.63, 3.8) is 0 Å². The topological polar surface area (TPSA) is 63.8 Å². The summed E-state index contributed by atoms with van der Waals surface area (Å²) in [6.45, 7) is 0.515. The van der Waals surface area contributed by atoms with E-state index in [9.17, 15) is 0 Å². The molecule has 0 spiro atoms. The Bertz CT molecular complexity index is 463. The van der Waals surface area contributed by atoms with Gasteiger partial charge in [-0.15, -0.1) is 0 Å². The van der Waals surface area contributed by atoms with Crippen LogP contribution < -0.4 is 5.32 Å². The minimum absolute atomic E-state index is 0.416. The molecule has 5 nitrogen and oxygen atoms in total. The maximum absolute atomic E-state index is 5.85. The Kier molecular flexibility index (Phi) is 3.63. The third-order valence-corrected chi connectivity index (χ3v) is 2.53. The molecule has 2 aromatic rings. The van der Waals surface area contributed by atoms with Crippen molar-refractivity contribution in [1.82, 2.24) is 15.1 Å². The first-order valence-corrected chi connectivity index (χ1v) is 6.10. The predicted molar refractivity (Wildman–Crippen MR) is 62.7 cm³/mol. The lowest BCUT2D eigenvalue weighted by Crippen LogP contribution is -2.02. The average Bonchev–Trinajstić information content (AvgIpc) is 2.78. The molecule has 0 fully saturated rings. The minimum Gasteiger partial charge on any atom is -0.363 e. The maximum atomic E-state index is 5.85. The Hall–Kier alpha value is -1.27. The van der Waals surface area contributed by atoms with Gasteiger partial charge in [0.2, 0.25) is 0 Å². The van der Waals surface area contributed by atoms with Gasteiger partial charge in [-0.25, -0.2) is 9.97 Å². The van der Waals surface area contributed by atoms with E-state index in [1.54, 1.807) is 18.3 Å². The number of anilines is 1. The Labute approximate surface area is 102 Å². The standard InChI is InChI=1S/C9H9ClN4OS/c1-16-9-13-7(10)4-8(14-9)11-5-6-2-3-12-15-6/h2-4H,5H2,1H3,(H,11,13,14). The summed E-state index contributed by atoms with van der Waals surface area (Å²) >= 11 is 7.29. The molecule has 0 radical (unpaired) electrons. The van der Waals surface area contributed by atoms with Gasteiger partial charge in [-0.3, -0.25) is 0 Å². The van der Waals surface area contributed by atoms with E-state index in [1.807, 2.05) is 6.26 Å². The molecule has 2 aromatic heterocycles. The van der Waals surface area contributed by atoms with Crippen molar-refractivity contribution in [2.24, 2.45) is 0 Å². The number of hydrogen-bond acceptors (Lipinski definition) is 6. The van der Waals surface area contributed by atoms with Gasteiger partial charge in [-0.2, -0.15) is 0 Å². The van der Waals surface area contributed by atoms with Gasteiger partial charge >= 0.3 is 0 Å². The van der Waals surface area contributed by atoms with Crippen LogP contribution in [0.25, 0.3) is 0 Å². The molecular weight excluding hydrogens is 248 g/mol. The second-order valence-electron chi connectivity index (χ2n) is 2.89. The molecule has 0 aromatic carbocycles. The van der Waals surface area contributed by atoms with Crippen molar-refractivity contribution in [3.8, 4) is 0 Å². The molecule has 0 saturated heterocycles. The molecule has 7 heteroatoms. The van der Waals surface area contributed by atoms with Crippen molar-refractivity contribution < 1.29 is 4.52 Å². The van der Waals surface area contributed by atoms with Crippen molar-refractivity contribution in [1.29, 1.82) is 0 Å². The highest BCUT2D eigenvalue weighted by Crippen LogP contribution is 2.17. The number of nitrogens with one attached hydrogen (secondary N) is 1. The third kappa shape index (κ3) is 2.86. The van der Waals surface area contributed by atoms with Crippen LogP contribution in [-0.4, -0.2) is 21.4 Å². The SMILES string of the molecule is CSc1nc(Cl)cc(NCc2ccno2)n1. The van der Waals surface area contributed by atoms with E-state index in [0.717, 1.165) is 5.76 Å². The van der Waals surface area contributed by atoms with Crippen LogP contribution >= 0.6 is 23.4 Å². The zero-order valence-corrected chi connectivity index (χ0v) is 10.0. The van der Waals surface area contributed by atoms with E-state index in [-0.39, 0.29) is 0 Å². The van der Waals surface area contributed by atoms with Crippen molar-refractivity contribution in [2.45, 2.75) is 11.7 Å². The highest BCUT2D eigenvalue weighted by atomic mass is 35.5. The third-order valence-electron chi connectivity index (χ3n) is 1.79. The fraction of sp³-hybridized carbons (Fsp3) is 0.222. The zero-order chi connectivity index (χ0) is 11.4. The van der Waals surface area contributed by atoms with E-state index in [2.05, 4.69) is 20.4 Å². The number of halogens is 1. The molecule has 2 rings (SSSR count). The molecule has 0 unspecified atom stereocenters. The predicted octanol–water partition coefficient (Wildman–Crippen LogP) is 2.45. The van der Waals surface area contributed by atoms with Gasteiger partial charge in [0.1, 0.15) is 11.0 Å². The van der Waals surface area contributed by atoms with Crippen molar-refractivity contribution in [2.75, 3.05) is 11.6 Å². The molecule has 84 valence electrons. The largest absolute Gasteiger partial charge is 0.363 e. The molecule has 16 heavy (non-hydrogen) atoms. The van der Waals surface area contributed by atoms with Crippen LogP contribution in [0.2, 0.25) is 5.15 Å². The summed E-state index contributed by atoms with van der Waals surface area (Å²) in [4.78, 5) is 8.28. The quantitative estimate of drug-likeness (QED) is 0.515. The summed E-state index contributed by atoms with van der Waals surface area (Å²) in [5, 5.41) is 7.74. The van der Waals surface area contributed by atoms with E-state index < -0.39 is 0 Å². The van der Waals surface area contributed by atoms with Crippen molar-refractivity contribution in [3.05, 3.63) is 29.2 Å². The first-order valence-electron chi connectivity index (χ1n) is 4.50. The Morgan fingerprint density at radius 1 is 1.50 bits per heavy atom. The molecular formula is C9H9ClN4OS. The lowest BCUT2D eigenvalue weighted by molar-refractivity contribution is 0.388. The first kappa shape index (κ1) is 11.2. The number of hydrogen-bond donors (Lipinski definition) is 1. The fourth-order valence-electron chi connectivity index (χ4n) is 1.09. The second kappa shape index (κ2) is 5.18. The smallest absolute Gasteiger partial charge is 0.190 e. The van der Waals surface area contributed by atoms with E-state index in [1.165, 1.54) is 11.8 Å². The summed E-state index contributed by atoms with van der Waals surface area (Å²) in [5.74, 6) is 1.40.